The highest BCUT2D eigenvalue weighted by Gasteiger charge is 2.14. The minimum absolute atomic E-state index is 0.208. The van der Waals surface area contributed by atoms with E-state index in [-0.39, 0.29) is 17.4 Å². The van der Waals surface area contributed by atoms with Gasteiger partial charge >= 0.3 is 0 Å². The lowest BCUT2D eigenvalue weighted by Gasteiger charge is -2.02. The van der Waals surface area contributed by atoms with E-state index in [0.29, 0.717) is 18.7 Å². The average molecular weight is 393 g/mol. The molecule has 0 saturated heterocycles. The number of aromatic nitrogens is 2. The predicted octanol–water partition coefficient (Wildman–Crippen LogP) is 3.95. The molecule has 0 spiro atoms. The SMILES string of the molecule is COc1ccc(-c2cc(C(=O)NCCc3cn(C)c4ccc(F)cc34)no2)cc1. The minimum Gasteiger partial charge on any atom is -0.497 e. The first-order chi connectivity index (χ1) is 14.0. The number of hydrogen-bond donors (Lipinski definition) is 1. The largest absolute Gasteiger partial charge is 0.497 e. The maximum Gasteiger partial charge on any atom is 0.273 e. The molecule has 7 heteroatoms. The van der Waals surface area contributed by atoms with Crippen molar-refractivity contribution in [2.45, 2.75) is 6.42 Å². The molecule has 2 aromatic carbocycles. The van der Waals surface area contributed by atoms with Gasteiger partial charge in [0.1, 0.15) is 11.6 Å². The van der Waals surface area contributed by atoms with Crippen LogP contribution in [-0.2, 0) is 13.5 Å². The number of ether oxygens (including phenoxy) is 1. The van der Waals surface area contributed by atoms with Gasteiger partial charge < -0.3 is 19.1 Å². The summed E-state index contributed by atoms with van der Waals surface area (Å²) in [5.74, 6) is 0.643. The number of nitrogens with zero attached hydrogens (tertiary/aromatic N) is 2. The molecule has 1 amide bonds. The summed E-state index contributed by atoms with van der Waals surface area (Å²) < 4.78 is 25.9. The summed E-state index contributed by atoms with van der Waals surface area (Å²) in [4.78, 5) is 12.4. The highest BCUT2D eigenvalue weighted by molar-refractivity contribution is 5.93. The summed E-state index contributed by atoms with van der Waals surface area (Å²) in [6.07, 6.45) is 2.53. The van der Waals surface area contributed by atoms with E-state index in [2.05, 4.69) is 10.5 Å². The van der Waals surface area contributed by atoms with Gasteiger partial charge in [-0.05, 0) is 54.4 Å². The first-order valence-electron chi connectivity index (χ1n) is 9.18. The van der Waals surface area contributed by atoms with Gasteiger partial charge in [0.2, 0.25) is 0 Å². The molecule has 148 valence electrons. The molecule has 0 fully saturated rings. The summed E-state index contributed by atoms with van der Waals surface area (Å²) in [5.41, 5.74) is 2.93. The zero-order valence-corrected chi connectivity index (χ0v) is 16.1. The van der Waals surface area contributed by atoms with Crippen LogP contribution in [0.1, 0.15) is 16.1 Å². The first kappa shape index (κ1) is 18.7. The summed E-state index contributed by atoms with van der Waals surface area (Å²) in [6, 6.07) is 13.6. The lowest BCUT2D eigenvalue weighted by Crippen LogP contribution is -2.25. The number of halogens is 1. The number of hydrogen-bond acceptors (Lipinski definition) is 4. The molecule has 1 N–H and O–H groups in total. The van der Waals surface area contributed by atoms with Crippen molar-refractivity contribution in [3.8, 4) is 17.1 Å². The van der Waals surface area contributed by atoms with E-state index >= 15 is 0 Å². The second-order valence-corrected chi connectivity index (χ2v) is 6.74. The van der Waals surface area contributed by atoms with E-state index in [0.717, 1.165) is 27.8 Å². The number of methoxy groups -OCH3 is 1. The Hall–Kier alpha value is -3.61. The average Bonchev–Trinajstić information content (AvgIpc) is 3.33. The number of fused-ring (bicyclic) bond motifs is 1. The molecule has 0 atom stereocenters. The molecule has 0 bridgehead atoms. The summed E-state index contributed by atoms with van der Waals surface area (Å²) in [5, 5.41) is 7.54. The maximum atomic E-state index is 13.6. The number of carbonyl (C=O) groups excluding carboxylic acids is 1. The lowest BCUT2D eigenvalue weighted by molar-refractivity contribution is 0.0945. The third-order valence-corrected chi connectivity index (χ3v) is 4.83. The van der Waals surface area contributed by atoms with Crippen LogP contribution in [0, 0.1) is 5.82 Å². The Balaban J connectivity index is 1.40. The van der Waals surface area contributed by atoms with E-state index < -0.39 is 0 Å². The lowest BCUT2D eigenvalue weighted by atomic mass is 10.1. The van der Waals surface area contributed by atoms with Crippen LogP contribution in [0.25, 0.3) is 22.2 Å². The van der Waals surface area contributed by atoms with Crippen molar-refractivity contribution in [2.24, 2.45) is 7.05 Å². The number of amides is 1. The van der Waals surface area contributed by atoms with Crippen molar-refractivity contribution >= 4 is 16.8 Å². The molecule has 0 radical (unpaired) electrons. The van der Waals surface area contributed by atoms with Crippen LogP contribution in [0.5, 0.6) is 5.75 Å². The third kappa shape index (κ3) is 3.85. The standard InChI is InChI=1S/C22H20FN3O3/c1-26-13-15(18-11-16(23)5-8-20(18)26)9-10-24-22(27)19-12-21(29-25-19)14-3-6-17(28-2)7-4-14/h3-8,11-13H,9-10H2,1-2H3,(H,24,27). The quantitative estimate of drug-likeness (QED) is 0.539. The Morgan fingerprint density at radius 3 is 2.76 bits per heavy atom. The van der Waals surface area contributed by atoms with E-state index in [1.165, 1.54) is 12.1 Å². The number of nitrogens with one attached hydrogen (secondary N) is 1. The zero-order valence-electron chi connectivity index (χ0n) is 16.1. The molecule has 6 nitrogen and oxygen atoms in total. The molecule has 0 aliphatic heterocycles. The molecule has 4 rings (SSSR count). The van der Waals surface area contributed by atoms with Crippen LogP contribution in [0.15, 0.2) is 59.3 Å². The van der Waals surface area contributed by atoms with E-state index in [4.69, 9.17) is 9.26 Å². The van der Waals surface area contributed by atoms with Crippen molar-refractivity contribution < 1.29 is 18.4 Å². The molecule has 29 heavy (non-hydrogen) atoms. The number of carbonyl (C=O) groups is 1. The summed E-state index contributed by atoms with van der Waals surface area (Å²) >= 11 is 0. The number of benzene rings is 2. The van der Waals surface area contributed by atoms with Gasteiger partial charge in [0, 0.05) is 42.3 Å². The van der Waals surface area contributed by atoms with Gasteiger partial charge in [-0.25, -0.2) is 4.39 Å². The van der Waals surface area contributed by atoms with Crippen molar-refractivity contribution in [3.63, 3.8) is 0 Å². The third-order valence-electron chi connectivity index (χ3n) is 4.83. The summed E-state index contributed by atoms with van der Waals surface area (Å²) in [6.45, 7) is 0.402. The fraction of sp³-hybridized carbons (Fsp3) is 0.182. The molecule has 0 aliphatic carbocycles. The molecule has 2 heterocycles. The van der Waals surface area contributed by atoms with E-state index in [1.807, 2.05) is 42.1 Å². The fourth-order valence-electron chi connectivity index (χ4n) is 3.32. The Labute approximate surface area is 166 Å². The Kier molecular flexibility index (Phi) is 5.03. The molecule has 2 aromatic heterocycles. The molecule has 0 saturated carbocycles. The Morgan fingerprint density at radius 2 is 2.00 bits per heavy atom. The second-order valence-electron chi connectivity index (χ2n) is 6.74. The Morgan fingerprint density at radius 1 is 1.21 bits per heavy atom. The van der Waals surface area contributed by atoms with E-state index in [1.54, 1.807) is 19.2 Å². The van der Waals surface area contributed by atoms with Gasteiger partial charge in [-0.15, -0.1) is 0 Å². The molecule has 0 unspecified atom stereocenters. The monoisotopic (exact) mass is 393 g/mol. The summed E-state index contributed by atoms with van der Waals surface area (Å²) in [7, 11) is 3.51. The maximum absolute atomic E-state index is 13.6. The van der Waals surface area contributed by atoms with Crippen LogP contribution in [-0.4, -0.2) is 29.3 Å². The highest BCUT2D eigenvalue weighted by Crippen LogP contribution is 2.24. The van der Waals surface area contributed by atoms with Crippen LogP contribution >= 0.6 is 0 Å². The smallest absolute Gasteiger partial charge is 0.273 e. The second kappa shape index (κ2) is 7.79. The van der Waals surface area contributed by atoms with Gasteiger partial charge in [-0.2, -0.15) is 0 Å². The molecular weight excluding hydrogens is 373 g/mol. The minimum atomic E-state index is -0.320. The van der Waals surface area contributed by atoms with Crippen molar-refractivity contribution in [1.29, 1.82) is 0 Å². The van der Waals surface area contributed by atoms with Gasteiger partial charge in [0.05, 0.1) is 7.11 Å². The predicted molar refractivity (Wildman–Crippen MR) is 107 cm³/mol. The Bertz CT molecular complexity index is 1160. The highest BCUT2D eigenvalue weighted by atomic mass is 19.1. The van der Waals surface area contributed by atoms with Crippen LogP contribution in [0.4, 0.5) is 4.39 Å². The fourth-order valence-corrected chi connectivity index (χ4v) is 3.32. The van der Waals surface area contributed by atoms with Crippen molar-refractivity contribution in [1.82, 2.24) is 15.0 Å². The van der Waals surface area contributed by atoms with Gasteiger partial charge in [-0.1, -0.05) is 5.16 Å². The zero-order chi connectivity index (χ0) is 20.4. The van der Waals surface area contributed by atoms with Gasteiger partial charge in [-0.3, -0.25) is 4.79 Å². The molecule has 4 aromatic rings. The van der Waals surface area contributed by atoms with Crippen molar-refractivity contribution in [2.75, 3.05) is 13.7 Å². The number of rotatable bonds is 6. The number of aryl methyl sites for hydroxylation is 1. The molecule has 0 aliphatic rings. The van der Waals surface area contributed by atoms with Crippen LogP contribution in [0.3, 0.4) is 0 Å². The van der Waals surface area contributed by atoms with Crippen molar-refractivity contribution in [3.05, 3.63) is 71.8 Å². The van der Waals surface area contributed by atoms with Crippen LogP contribution in [0.2, 0.25) is 0 Å². The molecular formula is C22H20FN3O3. The topological polar surface area (TPSA) is 69.3 Å². The normalized spacial score (nSPS) is 11.0. The van der Waals surface area contributed by atoms with Gasteiger partial charge in [0.15, 0.2) is 11.5 Å². The first-order valence-corrected chi connectivity index (χ1v) is 9.18. The van der Waals surface area contributed by atoms with Crippen LogP contribution < -0.4 is 10.1 Å². The van der Waals surface area contributed by atoms with Gasteiger partial charge in [0.25, 0.3) is 5.91 Å². The van der Waals surface area contributed by atoms with E-state index in [9.17, 15) is 9.18 Å².